The number of hydrogen-bond acceptors (Lipinski definition) is 3. The summed E-state index contributed by atoms with van der Waals surface area (Å²) in [5.74, 6) is -11.4. The quantitative estimate of drug-likeness (QED) is 0.297. The van der Waals surface area contributed by atoms with E-state index in [1.54, 1.807) is 12.1 Å². The Kier molecular flexibility index (Phi) is 7.41. The van der Waals surface area contributed by atoms with Crippen molar-refractivity contribution in [2.45, 2.75) is 31.2 Å². The molecule has 188 valence electrons. The lowest BCUT2D eigenvalue weighted by molar-refractivity contribution is -0.359. The van der Waals surface area contributed by atoms with Gasteiger partial charge < -0.3 is 14.8 Å². The molecular formula is C23H16F9NO2. The molecule has 0 bridgehead atoms. The number of anilines is 1. The fourth-order valence-corrected chi connectivity index (χ4v) is 2.96. The van der Waals surface area contributed by atoms with E-state index in [2.05, 4.69) is 10.1 Å². The number of rotatable bonds is 9. The molecular weight excluding hydrogens is 493 g/mol. The van der Waals surface area contributed by atoms with Crippen LogP contribution in [-0.4, -0.2) is 18.7 Å². The first-order chi connectivity index (χ1) is 16.3. The number of ether oxygens (including phenoxy) is 2. The Bertz CT molecular complexity index is 1150. The van der Waals surface area contributed by atoms with Gasteiger partial charge in [0.15, 0.2) is 0 Å². The summed E-state index contributed by atoms with van der Waals surface area (Å²) in [6.07, 6.45) is -6.43. The topological polar surface area (TPSA) is 30.5 Å². The van der Waals surface area contributed by atoms with Crippen molar-refractivity contribution in [2.75, 3.05) is 5.32 Å². The Morgan fingerprint density at radius 1 is 0.714 bits per heavy atom. The van der Waals surface area contributed by atoms with Crippen LogP contribution < -0.4 is 14.8 Å². The van der Waals surface area contributed by atoms with Crippen LogP contribution in [0.2, 0.25) is 0 Å². The van der Waals surface area contributed by atoms with Gasteiger partial charge in [-0.2, -0.15) is 39.5 Å². The van der Waals surface area contributed by atoms with Crippen LogP contribution in [0.25, 0.3) is 0 Å². The van der Waals surface area contributed by atoms with Gasteiger partial charge >= 0.3 is 24.6 Å². The molecule has 0 saturated carbocycles. The van der Waals surface area contributed by atoms with Crippen LogP contribution in [0.15, 0.2) is 72.8 Å². The van der Waals surface area contributed by atoms with Crippen LogP contribution in [0.4, 0.5) is 45.2 Å². The van der Waals surface area contributed by atoms with Crippen LogP contribution in [0, 0.1) is 0 Å². The zero-order valence-corrected chi connectivity index (χ0v) is 17.4. The van der Waals surface area contributed by atoms with E-state index in [-0.39, 0.29) is 29.4 Å². The molecule has 1 N–H and O–H groups in total. The average Bonchev–Trinajstić information content (AvgIpc) is 2.77. The van der Waals surface area contributed by atoms with Gasteiger partial charge in [-0.3, -0.25) is 0 Å². The van der Waals surface area contributed by atoms with E-state index < -0.39 is 30.2 Å². The van der Waals surface area contributed by atoms with Gasteiger partial charge in [-0.15, -0.1) is 0 Å². The standard InChI is InChI=1S/C23H16F9NO2/c24-20(25)35-19-9-3-8-18(12-19)34-17-7-2-6-16(11-17)33-13-14-4-1-5-15(10-14)21(26,27)22(28,29)23(30,31)32/h1-12,20,33H,13H2. The lowest BCUT2D eigenvalue weighted by Crippen LogP contribution is -2.50. The summed E-state index contributed by atoms with van der Waals surface area (Å²) in [4.78, 5) is 0. The van der Waals surface area contributed by atoms with Crippen LogP contribution in [0.3, 0.4) is 0 Å². The molecule has 0 heterocycles. The fourth-order valence-electron chi connectivity index (χ4n) is 2.96. The summed E-state index contributed by atoms with van der Waals surface area (Å²) < 4.78 is 127. The molecule has 0 radical (unpaired) electrons. The van der Waals surface area contributed by atoms with Gasteiger partial charge in [0.1, 0.15) is 17.2 Å². The van der Waals surface area contributed by atoms with Crippen molar-refractivity contribution in [1.82, 2.24) is 0 Å². The second kappa shape index (κ2) is 9.96. The highest BCUT2D eigenvalue weighted by Gasteiger charge is 2.73. The molecule has 0 amide bonds. The van der Waals surface area contributed by atoms with E-state index in [0.29, 0.717) is 17.8 Å². The Hall–Kier alpha value is -3.57. The largest absolute Gasteiger partial charge is 0.460 e. The van der Waals surface area contributed by atoms with Crippen LogP contribution in [-0.2, 0) is 12.5 Å². The molecule has 0 aliphatic heterocycles. The van der Waals surface area contributed by atoms with E-state index in [9.17, 15) is 39.5 Å². The lowest BCUT2D eigenvalue weighted by atomic mass is 9.99. The maximum atomic E-state index is 14.0. The summed E-state index contributed by atoms with van der Waals surface area (Å²) in [5.41, 5.74) is -1.08. The highest BCUT2D eigenvalue weighted by Crippen LogP contribution is 2.51. The first-order valence-electron chi connectivity index (χ1n) is 9.78. The maximum Gasteiger partial charge on any atom is 0.460 e. The molecule has 0 aliphatic rings. The highest BCUT2D eigenvalue weighted by atomic mass is 19.4. The van der Waals surface area contributed by atoms with E-state index in [1.165, 1.54) is 42.5 Å². The Labute approximate surface area is 193 Å². The smallest absolute Gasteiger partial charge is 0.457 e. The SMILES string of the molecule is FC(F)Oc1cccc(Oc2cccc(NCc3cccc(C(F)(F)C(F)(F)C(F)(F)F)c3)c2)c1. The van der Waals surface area contributed by atoms with Crippen molar-refractivity contribution in [3.8, 4) is 17.2 Å². The third-order valence-corrected chi connectivity index (χ3v) is 4.64. The third kappa shape index (κ3) is 6.11. The monoisotopic (exact) mass is 509 g/mol. The average molecular weight is 509 g/mol. The van der Waals surface area contributed by atoms with E-state index in [0.717, 1.165) is 6.07 Å². The predicted molar refractivity (Wildman–Crippen MR) is 108 cm³/mol. The number of benzene rings is 3. The van der Waals surface area contributed by atoms with Crippen molar-refractivity contribution in [2.24, 2.45) is 0 Å². The Morgan fingerprint density at radius 2 is 1.31 bits per heavy atom. The summed E-state index contributed by atoms with van der Waals surface area (Å²) in [7, 11) is 0. The first kappa shape index (κ1) is 26.0. The van der Waals surface area contributed by atoms with Crippen molar-refractivity contribution in [1.29, 1.82) is 0 Å². The summed E-state index contributed by atoms with van der Waals surface area (Å²) >= 11 is 0. The zero-order chi connectivity index (χ0) is 25.9. The molecule has 35 heavy (non-hydrogen) atoms. The van der Waals surface area contributed by atoms with Gasteiger partial charge in [-0.1, -0.05) is 30.3 Å². The second-order valence-corrected chi connectivity index (χ2v) is 7.18. The molecule has 0 spiro atoms. The molecule has 3 aromatic carbocycles. The number of halogens is 9. The van der Waals surface area contributed by atoms with E-state index in [4.69, 9.17) is 4.74 Å². The lowest BCUT2D eigenvalue weighted by Gasteiger charge is -2.28. The van der Waals surface area contributed by atoms with Crippen molar-refractivity contribution < 1.29 is 49.0 Å². The van der Waals surface area contributed by atoms with Crippen molar-refractivity contribution in [3.63, 3.8) is 0 Å². The maximum absolute atomic E-state index is 14.0. The molecule has 3 nitrogen and oxygen atoms in total. The minimum atomic E-state index is -6.43. The van der Waals surface area contributed by atoms with Gasteiger partial charge in [-0.05, 0) is 35.9 Å². The molecule has 3 rings (SSSR count). The molecule has 0 saturated heterocycles. The zero-order valence-electron chi connectivity index (χ0n) is 17.4. The summed E-state index contributed by atoms with van der Waals surface area (Å²) in [5, 5.41) is 2.81. The van der Waals surface area contributed by atoms with Gasteiger partial charge in [0.05, 0.1) is 0 Å². The Balaban J connectivity index is 1.71. The minimum absolute atomic E-state index is 0.0170. The molecule has 0 aromatic heterocycles. The second-order valence-electron chi connectivity index (χ2n) is 7.18. The fraction of sp³-hybridized carbons (Fsp3) is 0.217. The highest BCUT2D eigenvalue weighted by molar-refractivity contribution is 5.50. The normalized spacial score (nSPS) is 12.5. The number of hydrogen-bond donors (Lipinski definition) is 1. The first-order valence-corrected chi connectivity index (χ1v) is 9.78. The molecule has 0 aliphatic carbocycles. The predicted octanol–water partition coefficient (Wildman–Crippen LogP) is 7.98. The molecule has 3 aromatic rings. The van der Waals surface area contributed by atoms with Crippen LogP contribution in [0.5, 0.6) is 17.2 Å². The number of alkyl halides is 9. The van der Waals surface area contributed by atoms with Gasteiger partial charge in [0.25, 0.3) is 0 Å². The van der Waals surface area contributed by atoms with Crippen LogP contribution >= 0.6 is 0 Å². The summed E-state index contributed by atoms with van der Waals surface area (Å²) in [6.45, 7) is -3.21. The minimum Gasteiger partial charge on any atom is -0.457 e. The van der Waals surface area contributed by atoms with E-state index in [1.807, 2.05) is 0 Å². The van der Waals surface area contributed by atoms with Gasteiger partial charge in [0, 0.05) is 29.9 Å². The van der Waals surface area contributed by atoms with Crippen molar-refractivity contribution >= 4 is 5.69 Å². The van der Waals surface area contributed by atoms with Crippen LogP contribution in [0.1, 0.15) is 11.1 Å². The molecule has 12 heteroatoms. The molecule has 0 fully saturated rings. The third-order valence-electron chi connectivity index (χ3n) is 4.64. The Morgan fingerprint density at radius 3 is 1.97 bits per heavy atom. The molecule has 0 unspecified atom stereocenters. The van der Waals surface area contributed by atoms with Crippen molar-refractivity contribution in [3.05, 3.63) is 83.9 Å². The summed E-state index contributed by atoms with van der Waals surface area (Å²) in [6, 6.07) is 14.8. The molecule has 0 atom stereocenters. The van der Waals surface area contributed by atoms with E-state index >= 15 is 0 Å². The van der Waals surface area contributed by atoms with Gasteiger partial charge in [0.2, 0.25) is 0 Å². The number of nitrogens with one attached hydrogen (secondary N) is 1. The van der Waals surface area contributed by atoms with Gasteiger partial charge in [-0.25, -0.2) is 0 Å².